The van der Waals surface area contributed by atoms with Gasteiger partial charge in [-0.15, -0.1) is 5.10 Å². The molecule has 0 fully saturated rings. The first kappa shape index (κ1) is 18.8. The fourth-order valence-electron chi connectivity index (χ4n) is 2.06. The van der Waals surface area contributed by atoms with Crippen LogP contribution in [0.2, 0.25) is 0 Å². The average molecular weight is 358 g/mol. The Labute approximate surface area is 141 Å². The van der Waals surface area contributed by atoms with E-state index in [0.29, 0.717) is 6.42 Å². The van der Waals surface area contributed by atoms with Crippen molar-refractivity contribution in [2.75, 3.05) is 11.9 Å². The SMILES string of the molecule is [CH2]CCC(F)Cn1cc(C(=O)N(C)c2cc(C(F)(F)F)ccn2)nn1. The second-order valence-corrected chi connectivity index (χ2v) is 5.33. The summed E-state index contributed by atoms with van der Waals surface area (Å²) in [6.45, 7) is 3.47. The number of halogens is 4. The van der Waals surface area contributed by atoms with Crippen LogP contribution in [0.25, 0.3) is 0 Å². The highest BCUT2D eigenvalue weighted by molar-refractivity contribution is 6.03. The number of hydrogen-bond donors (Lipinski definition) is 0. The Morgan fingerprint density at radius 1 is 1.44 bits per heavy atom. The number of anilines is 1. The first-order valence-electron chi connectivity index (χ1n) is 7.37. The van der Waals surface area contributed by atoms with E-state index in [1.165, 1.54) is 17.9 Å². The monoisotopic (exact) mass is 358 g/mol. The molecule has 10 heteroatoms. The zero-order chi connectivity index (χ0) is 18.6. The standard InChI is InChI=1S/C15H16F4N5O/c1-3-4-11(16)8-24-9-12(21-22-24)14(25)23(2)13-7-10(5-6-20-13)15(17,18)19/h5-7,9,11H,1,3-4,8H2,2H3. The number of alkyl halides is 4. The van der Waals surface area contributed by atoms with Crippen LogP contribution in [0.5, 0.6) is 0 Å². The van der Waals surface area contributed by atoms with Crippen LogP contribution < -0.4 is 4.90 Å². The number of nitrogens with zero attached hydrogens (tertiary/aromatic N) is 5. The third kappa shape index (κ3) is 4.74. The first-order valence-corrected chi connectivity index (χ1v) is 7.37. The molecule has 0 bridgehead atoms. The van der Waals surface area contributed by atoms with Gasteiger partial charge in [0.1, 0.15) is 12.0 Å². The molecule has 0 aliphatic rings. The topological polar surface area (TPSA) is 63.9 Å². The van der Waals surface area contributed by atoms with Crippen molar-refractivity contribution in [3.05, 3.63) is 42.7 Å². The zero-order valence-electron chi connectivity index (χ0n) is 13.4. The van der Waals surface area contributed by atoms with Gasteiger partial charge in [-0.1, -0.05) is 18.6 Å². The zero-order valence-corrected chi connectivity index (χ0v) is 13.4. The van der Waals surface area contributed by atoms with E-state index in [9.17, 15) is 22.4 Å². The van der Waals surface area contributed by atoms with Gasteiger partial charge < -0.3 is 0 Å². The van der Waals surface area contributed by atoms with E-state index in [1.807, 2.05) is 0 Å². The van der Waals surface area contributed by atoms with Crippen LogP contribution in [0.15, 0.2) is 24.5 Å². The maximum Gasteiger partial charge on any atom is 0.416 e. The van der Waals surface area contributed by atoms with E-state index >= 15 is 0 Å². The lowest BCUT2D eigenvalue weighted by Gasteiger charge is -2.16. The van der Waals surface area contributed by atoms with Crippen LogP contribution >= 0.6 is 0 Å². The fraction of sp³-hybridized carbons (Fsp3) is 0.400. The van der Waals surface area contributed by atoms with Crippen LogP contribution in [0.1, 0.15) is 28.9 Å². The lowest BCUT2D eigenvalue weighted by atomic mass is 10.2. The molecule has 0 aliphatic heterocycles. The van der Waals surface area contributed by atoms with Gasteiger partial charge in [-0.3, -0.25) is 9.69 Å². The van der Waals surface area contributed by atoms with Gasteiger partial charge >= 0.3 is 6.18 Å². The Kier molecular flexibility index (Phi) is 5.70. The highest BCUT2D eigenvalue weighted by Crippen LogP contribution is 2.30. The summed E-state index contributed by atoms with van der Waals surface area (Å²) in [5.74, 6) is -0.888. The van der Waals surface area contributed by atoms with Crippen molar-refractivity contribution in [3.63, 3.8) is 0 Å². The van der Waals surface area contributed by atoms with E-state index in [-0.39, 0.29) is 24.5 Å². The predicted molar refractivity (Wildman–Crippen MR) is 81.5 cm³/mol. The Balaban J connectivity index is 2.14. The molecule has 1 radical (unpaired) electrons. The molecule has 0 aromatic carbocycles. The minimum atomic E-state index is -4.55. The van der Waals surface area contributed by atoms with Gasteiger partial charge in [0.05, 0.1) is 18.3 Å². The Morgan fingerprint density at radius 2 is 2.16 bits per heavy atom. The smallest absolute Gasteiger partial charge is 0.294 e. The van der Waals surface area contributed by atoms with Gasteiger partial charge in [-0.25, -0.2) is 14.1 Å². The minimum Gasteiger partial charge on any atom is -0.294 e. The third-order valence-corrected chi connectivity index (χ3v) is 3.38. The van der Waals surface area contributed by atoms with Gasteiger partial charge in [-0.05, 0) is 18.6 Å². The molecule has 6 nitrogen and oxygen atoms in total. The summed E-state index contributed by atoms with van der Waals surface area (Å²) >= 11 is 0. The van der Waals surface area contributed by atoms with Gasteiger partial charge in [0.2, 0.25) is 0 Å². The molecule has 1 unspecified atom stereocenters. The van der Waals surface area contributed by atoms with Gasteiger partial charge in [0.25, 0.3) is 5.91 Å². The number of hydrogen-bond acceptors (Lipinski definition) is 4. The minimum absolute atomic E-state index is 0.0820. The van der Waals surface area contributed by atoms with Crippen LogP contribution in [-0.4, -0.2) is 39.1 Å². The lowest BCUT2D eigenvalue weighted by Crippen LogP contribution is -2.27. The van der Waals surface area contributed by atoms with Crippen molar-refractivity contribution in [1.82, 2.24) is 20.0 Å². The summed E-state index contributed by atoms with van der Waals surface area (Å²) in [7, 11) is 1.27. The molecule has 135 valence electrons. The second-order valence-electron chi connectivity index (χ2n) is 5.33. The number of rotatable bonds is 6. The van der Waals surface area contributed by atoms with Crippen LogP contribution in [0, 0.1) is 6.92 Å². The number of carbonyl (C=O) groups excluding carboxylic acids is 1. The summed E-state index contributed by atoms with van der Waals surface area (Å²) in [4.78, 5) is 17.0. The highest BCUT2D eigenvalue weighted by Gasteiger charge is 2.31. The maximum atomic E-state index is 13.5. The van der Waals surface area contributed by atoms with Crippen molar-refractivity contribution in [1.29, 1.82) is 0 Å². The Morgan fingerprint density at radius 3 is 2.80 bits per heavy atom. The quantitative estimate of drug-likeness (QED) is 0.745. The predicted octanol–water partition coefficient (Wildman–Crippen LogP) is 2.92. The van der Waals surface area contributed by atoms with E-state index < -0.39 is 23.8 Å². The molecule has 2 heterocycles. The molecular formula is C15H16F4N5O. The second kappa shape index (κ2) is 7.58. The third-order valence-electron chi connectivity index (χ3n) is 3.38. The van der Waals surface area contributed by atoms with Gasteiger partial charge in [0, 0.05) is 13.2 Å². The molecule has 2 aromatic rings. The number of amides is 1. The van der Waals surface area contributed by atoms with E-state index in [4.69, 9.17) is 0 Å². The summed E-state index contributed by atoms with van der Waals surface area (Å²) in [6, 6.07) is 1.57. The summed E-state index contributed by atoms with van der Waals surface area (Å²) in [5.41, 5.74) is -1.04. The van der Waals surface area contributed by atoms with Crippen LogP contribution in [-0.2, 0) is 12.7 Å². The fourth-order valence-corrected chi connectivity index (χ4v) is 2.06. The van der Waals surface area contributed by atoms with Crippen molar-refractivity contribution >= 4 is 11.7 Å². The van der Waals surface area contributed by atoms with Gasteiger partial charge in [-0.2, -0.15) is 13.2 Å². The molecule has 2 aromatic heterocycles. The average Bonchev–Trinajstić information content (AvgIpc) is 3.01. The first-order chi connectivity index (χ1) is 11.7. The molecule has 2 rings (SSSR count). The van der Waals surface area contributed by atoms with Crippen molar-refractivity contribution in [3.8, 4) is 0 Å². The van der Waals surface area contributed by atoms with E-state index in [1.54, 1.807) is 0 Å². The summed E-state index contributed by atoms with van der Waals surface area (Å²) < 4.78 is 52.9. The molecule has 0 saturated carbocycles. The lowest BCUT2D eigenvalue weighted by molar-refractivity contribution is -0.137. The molecule has 25 heavy (non-hydrogen) atoms. The van der Waals surface area contributed by atoms with Crippen molar-refractivity contribution in [2.24, 2.45) is 0 Å². The number of pyridine rings is 1. The molecule has 0 N–H and O–H groups in total. The van der Waals surface area contributed by atoms with E-state index in [0.717, 1.165) is 23.2 Å². The molecule has 0 aliphatic carbocycles. The largest absolute Gasteiger partial charge is 0.416 e. The maximum absolute atomic E-state index is 13.5. The molecular weight excluding hydrogens is 342 g/mol. The van der Waals surface area contributed by atoms with Crippen molar-refractivity contribution < 1.29 is 22.4 Å². The van der Waals surface area contributed by atoms with Crippen molar-refractivity contribution in [2.45, 2.75) is 31.7 Å². The molecule has 1 amide bonds. The Hall–Kier alpha value is -2.52. The van der Waals surface area contributed by atoms with Gasteiger partial charge in [0.15, 0.2) is 5.69 Å². The highest BCUT2D eigenvalue weighted by atomic mass is 19.4. The van der Waals surface area contributed by atoms with E-state index in [2.05, 4.69) is 22.2 Å². The summed E-state index contributed by atoms with van der Waals surface area (Å²) in [6.07, 6.45) is -2.85. The molecule has 0 saturated heterocycles. The number of aromatic nitrogens is 4. The molecule has 1 atom stereocenters. The summed E-state index contributed by atoms with van der Waals surface area (Å²) in [5, 5.41) is 7.29. The Bertz CT molecular complexity index is 731. The number of carbonyl (C=O) groups is 1. The molecule has 0 spiro atoms. The van der Waals surface area contributed by atoms with Crippen LogP contribution in [0.4, 0.5) is 23.4 Å². The van der Waals surface area contributed by atoms with Crippen LogP contribution in [0.3, 0.4) is 0 Å². The normalized spacial score (nSPS) is 12.9.